The molecular formula is C14H23NO3S. The van der Waals surface area contributed by atoms with E-state index in [9.17, 15) is 8.42 Å². The molecule has 0 radical (unpaired) electrons. The van der Waals surface area contributed by atoms with Crippen LogP contribution >= 0.6 is 0 Å². The SMILES string of the molecule is CC(CNC(C)(C)C)Oc1cccc(S(C)(=O)=O)c1. The largest absolute Gasteiger partial charge is 0.489 e. The highest BCUT2D eigenvalue weighted by Crippen LogP contribution is 2.18. The highest BCUT2D eigenvalue weighted by atomic mass is 32.2. The number of rotatable bonds is 5. The third kappa shape index (κ3) is 6.07. The van der Waals surface area contributed by atoms with E-state index in [2.05, 4.69) is 26.1 Å². The molecule has 0 aliphatic carbocycles. The summed E-state index contributed by atoms with van der Waals surface area (Å²) < 4.78 is 28.6. The van der Waals surface area contributed by atoms with Gasteiger partial charge < -0.3 is 10.1 Å². The zero-order valence-corrected chi connectivity index (χ0v) is 13.0. The van der Waals surface area contributed by atoms with E-state index in [1.807, 2.05) is 6.92 Å². The lowest BCUT2D eigenvalue weighted by atomic mass is 10.1. The maximum atomic E-state index is 11.5. The van der Waals surface area contributed by atoms with Crippen LogP contribution in [-0.4, -0.2) is 32.9 Å². The van der Waals surface area contributed by atoms with Gasteiger partial charge in [-0.05, 0) is 45.9 Å². The molecule has 0 heterocycles. The van der Waals surface area contributed by atoms with Gasteiger partial charge in [0.1, 0.15) is 11.9 Å². The summed E-state index contributed by atoms with van der Waals surface area (Å²) in [6, 6.07) is 6.58. The zero-order chi connectivity index (χ0) is 14.7. The summed E-state index contributed by atoms with van der Waals surface area (Å²) in [7, 11) is -3.19. The van der Waals surface area contributed by atoms with Gasteiger partial charge in [0.2, 0.25) is 0 Å². The Morgan fingerprint density at radius 2 is 1.95 bits per heavy atom. The summed E-state index contributed by atoms with van der Waals surface area (Å²) >= 11 is 0. The van der Waals surface area contributed by atoms with Gasteiger partial charge in [-0.2, -0.15) is 0 Å². The summed E-state index contributed by atoms with van der Waals surface area (Å²) in [6.45, 7) is 8.91. The lowest BCUT2D eigenvalue weighted by Gasteiger charge is -2.24. The quantitative estimate of drug-likeness (QED) is 0.901. The van der Waals surface area contributed by atoms with Crippen LogP contribution in [0.5, 0.6) is 5.75 Å². The molecule has 0 saturated heterocycles. The first-order valence-corrected chi connectivity index (χ1v) is 8.19. The highest BCUT2D eigenvalue weighted by Gasteiger charge is 2.13. The van der Waals surface area contributed by atoms with Crippen LogP contribution in [-0.2, 0) is 9.84 Å². The topological polar surface area (TPSA) is 55.4 Å². The van der Waals surface area contributed by atoms with E-state index >= 15 is 0 Å². The van der Waals surface area contributed by atoms with Gasteiger partial charge in [0, 0.05) is 18.3 Å². The number of sulfone groups is 1. The minimum atomic E-state index is -3.19. The Kier molecular flexibility index (Phi) is 4.98. The molecule has 19 heavy (non-hydrogen) atoms. The van der Waals surface area contributed by atoms with Gasteiger partial charge >= 0.3 is 0 Å². The molecule has 5 heteroatoms. The molecule has 0 fully saturated rings. The second-order valence-electron chi connectivity index (χ2n) is 5.81. The van der Waals surface area contributed by atoms with Crippen molar-refractivity contribution in [3.05, 3.63) is 24.3 Å². The van der Waals surface area contributed by atoms with Crippen LogP contribution < -0.4 is 10.1 Å². The summed E-state index contributed by atoms with van der Waals surface area (Å²) in [4.78, 5) is 0.279. The molecular weight excluding hydrogens is 262 g/mol. The van der Waals surface area contributed by atoms with Crippen molar-refractivity contribution in [3.8, 4) is 5.75 Å². The monoisotopic (exact) mass is 285 g/mol. The van der Waals surface area contributed by atoms with E-state index < -0.39 is 9.84 Å². The third-order valence-corrected chi connectivity index (χ3v) is 3.60. The molecule has 1 N–H and O–H groups in total. The molecule has 0 aliphatic rings. The summed E-state index contributed by atoms with van der Waals surface area (Å²) in [5.41, 5.74) is 0.0340. The number of nitrogens with one attached hydrogen (secondary N) is 1. The minimum absolute atomic E-state index is 0.0333. The van der Waals surface area contributed by atoms with Crippen LogP contribution in [0.1, 0.15) is 27.7 Å². The average Bonchev–Trinajstić information content (AvgIpc) is 2.25. The van der Waals surface area contributed by atoms with Crippen molar-refractivity contribution in [2.24, 2.45) is 0 Å². The molecule has 0 amide bonds. The standard InChI is InChI=1S/C14H23NO3S/c1-11(10-15-14(2,3)4)18-12-7-6-8-13(9-12)19(5,16)17/h6-9,11,15H,10H2,1-5H3. The molecule has 108 valence electrons. The van der Waals surface area contributed by atoms with Crippen LogP contribution in [0.3, 0.4) is 0 Å². The van der Waals surface area contributed by atoms with Gasteiger partial charge in [-0.25, -0.2) is 8.42 Å². The van der Waals surface area contributed by atoms with Crippen molar-refractivity contribution >= 4 is 9.84 Å². The molecule has 0 bridgehead atoms. The molecule has 0 spiro atoms. The van der Waals surface area contributed by atoms with Crippen molar-refractivity contribution in [1.29, 1.82) is 0 Å². The van der Waals surface area contributed by atoms with E-state index in [1.165, 1.54) is 6.26 Å². The van der Waals surface area contributed by atoms with Crippen molar-refractivity contribution in [3.63, 3.8) is 0 Å². The van der Waals surface area contributed by atoms with Gasteiger partial charge in [-0.3, -0.25) is 0 Å². The van der Waals surface area contributed by atoms with Crippen LogP contribution in [0.4, 0.5) is 0 Å². The van der Waals surface area contributed by atoms with Gasteiger partial charge in [0.25, 0.3) is 0 Å². The summed E-state index contributed by atoms with van der Waals surface area (Å²) in [5.74, 6) is 0.575. The first-order valence-electron chi connectivity index (χ1n) is 6.30. The van der Waals surface area contributed by atoms with E-state index in [0.29, 0.717) is 12.3 Å². The molecule has 1 unspecified atom stereocenters. The number of ether oxygens (including phenoxy) is 1. The van der Waals surface area contributed by atoms with Gasteiger partial charge in [-0.1, -0.05) is 6.07 Å². The van der Waals surface area contributed by atoms with Gasteiger partial charge in [-0.15, -0.1) is 0 Å². The average molecular weight is 285 g/mol. The maximum Gasteiger partial charge on any atom is 0.175 e. The van der Waals surface area contributed by atoms with Crippen LogP contribution in [0.25, 0.3) is 0 Å². The van der Waals surface area contributed by atoms with Gasteiger partial charge in [0.05, 0.1) is 4.90 Å². The smallest absolute Gasteiger partial charge is 0.175 e. The molecule has 1 aromatic rings. The van der Waals surface area contributed by atoms with E-state index in [1.54, 1.807) is 24.3 Å². The Labute approximate surface area is 116 Å². The highest BCUT2D eigenvalue weighted by molar-refractivity contribution is 7.90. The number of hydrogen-bond acceptors (Lipinski definition) is 4. The predicted molar refractivity (Wildman–Crippen MR) is 77.4 cm³/mol. The van der Waals surface area contributed by atoms with Crippen molar-refractivity contribution in [2.75, 3.05) is 12.8 Å². The summed E-state index contributed by atoms with van der Waals surface area (Å²) in [6.07, 6.45) is 1.16. The fraction of sp³-hybridized carbons (Fsp3) is 0.571. The van der Waals surface area contributed by atoms with Crippen LogP contribution in [0.15, 0.2) is 29.2 Å². The second kappa shape index (κ2) is 5.92. The first kappa shape index (κ1) is 16.0. The fourth-order valence-electron chi connectivity index (χ4n) is 1.50. The minimum Gasteiger partial charge on any atom is -0.489 e. The third-order valence-electron chi connectivity index (χ3n) is 2.49. The lowest BCUT2D eigenvalue weighted by Crippen LogP contribution is -2.41. The molecule has 0 aliphatic heterocycles. The molecule has 1 rings (SSSR count). The fourth-order valence-corrected chi connectivity index (χ4v) is 2.16. The van der Waals surface area contributed by atoms with Crippen LogP contribution in [0, 0.1) is 0 Å². The van der Waals surface area contributed by atoms with E-state index in [-0.39, 0.29) is 16.5 Å². The predicted octanol–water partition coefficient (Wildman–Crippen LogP) is 2.25. The van der Waals surface area contributed by atoms with E-state index in [4.69, 9.17) is 4.74 Å². The molecule has 0 saturated carbocycles. The van der Waals surface area contributed by atoms with Gasteiger partial charge in [0.15, 0.2) is 9.84 Å². The Morgan fingerprint density at radius 1 is 1.32 bits per heavy atom. The number of benzene rings is 1. The Morgan fingerprint density at radius 3 is 2.47 bits per heavy atom. The van der Waals surface area contributed by atoms with Crippen molar-refractivity contribution in [2.45, 2.75) is 44.2 Å². The Bertz CT molecular complexity index is 518. The Hall–Kier alpha value is -1.07. The maximum absolute atomic E-state index is 11.5. The van der Waals surface area contributed by atoms with Crippen LogP contribution in [0.2, 0.25) is 0 Å². The molecule has 1 aromatic carbocycles. The van der Waals surface area contributed by atoms with Crippen molar-refractivity contribution in [1.82, 2.24) is 5.32 Å². The molecule has 4 nitrogen and oxygen atoms in total. The van der Waals surface area contributed by atoms with E-state index in [0.717, 1.165) is 0 Å². The normalized spacial score (nSPS) is 14.2. The Balaban J connectivity index is 2.67. The molecule has 1 atom stereocenters. The second-order valence-corrected chi connectivity index (χ2v) is 7.82. The summed E-state index contributed by atoms with van der Waals surface area (Å²) in [5, 5.41) is 3.34. The lowest BCUT2D eigenvalue weighted by molar-refractivity contribution is 0.203. The number of hydrogen-bond donors (Lipinski definition) is 1. The molecule has 0 aromatic heterocycles. The zero-order valence-electron chi connectivity index (χ0n) is 12.2. The first-order chi connectivity index (χ1) is 8.58. The van der Waals surface area contributed by atoms with Crippen molar-refractivity contribution < 1.29 is 13.2 Å².